The van der Waals surface area contributed by atoms with Gasteiger partial charge < -0.3 is 15.7 Å². The summed E-state index contributed by atoms with van der Waals surface area (Å²) in [5, 5.41) is 9.68. The van der Waals surface area contributed by atoms with E-state index in [1.807, 2.05) is 0 Å². The lowest BCUT2D eigenvalue weighted by Crippen LogP contribution is -2.44. The van der Waals surface area contributed by atoms with Gasteiger partial charge >= 0.3 is 0 Å². The zero-order chi connectivity index (χ0) is 13.8. The molecule has 1 aromatic heterocycles. The van der Waals surface area contributed by atoms with E-state index in [2.05, 4.69) is 4.98 Å². The average Bonchev–Trinajstić information content (AvgIpc) is 2.89. The highest BCUT2D eigenvalue weighted by Crippen LogP contribution is 2.26. The van der Waals surface area contributed by atoms with Crippen molar-refractivity contribution in [1.29, 1.82) is 0 Å². The molecule has 0 spiro atoms. The van der Waals surface area contributed by atoms with Crippen LogP contribution >= 0.6 is 0 Å². The molecule has 102 valence electrons. The van der Waals surface area contributed by atoms with Crippen molar-refractivity contribution in [2.45, 2.75) is 31.7 Å². The van der Waals surface area contributed by atoms with E-state index < -0.39 is 5.91 Å². The number of pyridine rings is 1. The first kappa shape index (κ1) is 13.3. The van der Waals surface area contributed by atoms with Gasteiger partial charge in [0, 0.05) is 12.2 Å². The predicted molar refractivity (Wildman–Crippen MR) is 68.4 cm³/mol. The highest BCUT2D eigenvalue weighted by Gasteiger charge is 2.29. The van der Waals surface area contributed by atoms with Crippen molar-refractivity contribution in [3.8, 4) is 5.75 Å². The molecular weight excluding hydrogens is 246 g/mol. The predicted octanol–water partition coefficient (Wildman–Crippen LogP) is 0.657. The Bertz CT molecular complexity index is 484. The molecule has 3 N–H and O–H groups in total. The third kappa shape index (κ3) is 3.01. The molecule has 2 amide bonds. The number of aromatic nitrogens is 1. The standard InChI is InChI=1S/C13H17N3O3/c14-12(18)8-16(9-3-1-2-4-9)13(19)10-5-6-15-7-11(10)17/h5-7,9,17H,1-4,8H2,(H2,14,18). The fourth-order valence-electron chi connectivity index (χ4n) is 2.47. The van der Waals surface area contributed by atoms with Gasteiger partial charge in [0.25, 0.3) is 5.91 Å². The van der Waals surface area contributed by atoms with Crippen LogP contribution in [0.25, 0.3) is 0 Å². The molecule has 0 unspecified atom stereocenters. The van der Waals surface area contributed by atoms with Crippen LogP contribution in [0.1, 0.15) is 36.0 Å². The van der Waals surface area contributed by atoms with Gasteiger partial charge in [-0.1, -0.05) is 12.8 Å². The Balaban J connectivity index is 2.24. The molecule has 0 atom stereocenters. The zero-order valence-electron chi connectivity index (χ0n) is 10.6. The number of nitrogens with two attached hydrogens (primary N) is 1. The maximum absolute atomic E-state index is 12.4. The summed E-state index contributed by atoms with van der Waals surface area (Å²) in [6.07, 6.45) is 6.45. The second-order valence-corrected chi connectivity index (χ2v) is 4.73. The quantitative estimate of drug-likeness (QED) is 0.833. The van der Waals surface area contributed by atoms with E-state index in [1.54, 1.807) is 0 Å². The van der Waals surface area contributed by atoms with Crippen LogP contribution in [0.15, 0.2) is 18.5 Å². The molecule has 6 nitrogen and oxygen atoms in total. The third-order valence-electron chi connectivity index (χ3n) is 3.38. The summed E-state index contributed by atoms with van der Waals surface area (Å²) in [7, 11) is 0. The van der Waals surface area contributed by atoms with E-state index in [4.69, 9.17) is 5.73 Å². The number of hydrogen-bond donors (Lipinski definition) is 2. The average molecular weight is 263 g/mol. The number of carbonyl (C=O) groups excluding carboxylic acids is 2. The van der Waals surface area contributed by atoms with Crippen molar-refractivity contribution in [3.05, 3.63) is 24.0 Å². The molecule has 1 aliphatic rings. The van der Waals surface area contributed by atoms with Crippen LogP contribution in [-0.2, 0) is 4.79 Å². The molecular formula is C13H17N3O3. The highest BCUT2D eigenvalue weighted by molar-refractivity contribution is 5.98. The first-order valence-electron chi connectivity index (χ1n) is 6.32. The first-order chi connectivity index (χ1) is 9.09. The summed E-state index contributed by atoms with van der Waals surface area (Å²) in [5.41, 5.74) is 5.36. The van der Waals surface area contributed by atoms with Crippen LogP contribution in [0.2, 0.25) is 0 Å². The van der Waals surface area contributed by atoms with Gasteiger partial charge in [0.15, 0.2) is 0 Å². The van der Waals surface area contributed by atoms with E-state index in [9.17, 15) is 14.7 Å². The van der Waals surface area contributed by atoms with Crippen LogP contribution in [0.5, 0.6) is 5.75 Å². The Kier molecular flexibility index (Phi) is 3.99. The summed E-state index contributed by atoms with van der Waals surface area (Å²) in [5.74, 6) is -1.10. The largest absolute Gasteiger partial charge is 0.505 e. The number of rotatable bonds is 4. The number of carbonyl (C=O) groups is 2. The van der Waals surface area contributed by atoms with Crippen molar-refractivity contribution in [2.75, 3.05) is 6.54 Å². The second-order valence-electron chi connectivity index (χ2n) is 4.73. The van der Waals surface area contributed by atoms with E-state index in [1.165, 1.54) is 23.4 Å². The SMILES string of the molecule is NC(=O)CN(C(=O)c1ccncc1O)C1CCCC1. The van der Waals surface area contributed by atoms with Gasteiger partial charge in [0.2, 0.25) is 5.91 Å². The molecule has 0 aliphatic heterocycles. The third-order valence-corrected chi connectivity index (χ3v) is 3.38. The highest BCUT2D eigenvalue weighted by atomic mass is 16.3. The minimum absolute atomic E-state index is 0.0209. The van der Waals surface area contributed by atoms with Gasteiger partial charge in [0.1, 0.15) is 5.75 Å². The van der Waals surface area contributed by atoms with E-state index >= 15 is 0 Å². The fraction of sp³-hybridized carbons (Fsp3) is 0.462. The van der Waals surface area contributed by atoms with Crippen molar-refractivity contribution >= 4 is 11.8 Å². The molecule has 2 rings (SSSR count). The molecule has 1 aliphatic carbocycles. The Morgan fingerprint density at radius 1 is 1.42 bits per heavy atom. The molecule has 19 heavy (non-hydrogen) atoms. The molecule has 0 radical (unpaired) electrons. The van der Waals surface area contributed by atoms with E-state index in [-0.39, 0.29) is 29.8 Å². The van der Waals surface area contributed by atoms with Crippen molar-refractivity contribution in [1.82, 2.24) is 9.88 Å². The Morgan fingerprint density at radius 3 is 2.68 bits per heavy atom. The normalized spacial score (nSPS) is 15.4. The van der Waals surface area contributed by atoms with Crippen LogP contribution in [-0.4, -0.2) is 39.4 Å². The van der Waals surface area contributed by atoms with Crippen molar-refractivity contribution < 1.29 is 14.7 Å². The van der Waals surface area contributed by atoms with Gasteiger partial charge in [-0.3, -0.25) is 14.6 Å². The summed E-state index contributed by atoms with van der Waals surface area (Å²) < 4.78 is 0. The lowest BCUT2D eigenvalue weighted by molar-refractivity contribution is -0.119. The number of nitrogens with zero attached hydrogens (tertiary/aromatic N) is 2. The summed E-state index contributed by atoms with van der Waals surface area (Å²) in [6, 6.07) is 1.47. The van der Waals surface area contributed by atoms with E-state index in [0.29, 0.717) is 0 Å². The first-order valence-corrected chi connectivity index (χ1v) is 6.32. The van der Waals surface area contributed by atoms with Crippen LogP contribution in [0, 0.1) is 0 Å². The second kappa shape index (κ2) is 5.69. The number of primary amides is 1. The Labute approximate surface area is 111 Å². The minimum atomic E-state index is -0.547. The fourth-order valence-corrected chi connectivity index (χ4v) is 2.47. The lowest BCUT2D eigenvalue weighted by atomic mass is 10.1. The van der Waals surface area contributed by atoms with Gasteiger partial charge in [-0.15, -0.1) is 0 Å². The number of amides is 2. The smallest absolute Gasteiger partial charge is 0.258 e. The van der Waals surface area contributed by atoms with Gasteiger partial charge in [-0.05, 0) is 18.9 Å². The number of aromatic hydroxyl groups is 1. The van der Waals surface area contributed by atoms with Gasteiger partial charge in [-0.25, -0.2) is 0 Å². The maximum Gasteiger partial charge on any atom is 0.258 e. The van der Waals surface area contributed by atoms with Gasteiger partial charge in [0.05, 0.1) is 18.3 Å². The van der Waals surface area contributed by atoms with E-state index in [0.717, 1.165) is 25.7 Å². The summed E-state index contributed by atoms with van der Waals surface area (Å²) in [4.78, 5) is 28.8. The maximum atomic E-state index is 12.4. The zero-order valence-corrected chi connectivity index (χ0v) is 10.6. The number of hydrogen-bond acceptors (Lipinski definition) is 4. The Hall–Kier alpha value is -2.11. The van der Waals surface area contributed by atoms with Crippen LogP contribution in [0.4, 0.5) is 0 Å². The topological polar surface area (TPSA) is 96.5 Å². The summed E-state index contributed by atoms with van der Waals surface area (Å²) in [6.45, 7) is -0.120. The molecule has 0 saturated heterocycles. The van der Waals surface area contributed by atoms with Gasteiger partial charge in [-0.2, -0.15) is 0 Å². The summed E-state index contributed by atoms with van der Waals surface area (Å²) >= 11 is 0. The molecule has 1 saturated carbocycles. The van der Waals surface area contributed by atoms with Crippen LogP contribution < -0.4 is 5.73 Å². The van der Waals surface area contributed by atoms with Crippen molar-refractivity contribution in [3.63, 3.8) is 0 Å². The minimum Gasteiger partial charge on any atom is -0.505 e. The molecule has 1 fully saturated rings. The molecule has 0 aromatic carbocycles. The molecule has 1 aromatic rings. The lowest BCUT2D eigenvalue weighted by Gasteiger charge is -2.28. The Morgan fingerprint density at radius 2 is 2.11 bits per heavy atom. The van der Waals surface area contributed by atoms with Crippen LogP contribution in [0.3, 0.4) is 0 Å². The molecule has 0 bridgehead atoms. The van der Waals surface area contributed by atoms with Crippen molar-refractivity contribution in [2.24, 2.45) is 5.73 Å². The molecule has 6 heteroatoms. The monoisotopic (exact) mass is 263 g/mol. The molecule has 1 heterocycles.